The molecule has 0 bridgehead atoms. The summed E-state index contributed by atoms with van der Waals surface area (Å²) < 4.78 is 5.15. The molecule has 7 rings (SSSR count). The molecule has 1 unspecified atom stereocenters. The Labute approximate surface area is 234 Å². The molecule has 2 aromatic carbocycles. The van der Waals surface area contributed by atoms with Gasteiger partial charge in [0.2, 0.25) is 11.7 Å². The molecule has 2 saturated heterocycles. The fourth-order valence-corrected chi connectivity index (χ4v) is 6.92. The van der Waals surface area contributed by atoms with Crippen molar-refractivity contribution in [3.63, 3.8) is 0 Å². The maximum atomic E-state index is 9.41. The quantitative estimate of drug-likeness (QED) is 0.377. The van der Waals surface area contributed by atoms with Gasteiger partial charge in [0.25, 0.3) is 0 Å². The number of aryl methyl sites for hydroxylation is 1. The number of nitrogens with zero attached hydrogens (tertiary/aromatic N) is 6. The van der Waals surface area contributed by atoms with E-state index in [1.54, 1.807) is 0 Å². The van der Waals surface area contributed by atoms with Crippen molar-refractivity contribution in [2.24, 2.45) is 0 Å². The van der Waals surface area contributed by atoms with Crippen LogP contribution in [0.2, 0.25) is 0 Å². The number of hydrogen-bond donors (Lipinski definition) is 1. The van der Waals surface area contributed by atoms with Crippen molar-refractivity contribution in [2.75, 3.05) is 22.9 Å². The molecule has 0 spiro atoms. The second kappa shape index (κ2) is 10.4. The number of nitriles is 1. The molecule has 1 saturated carbocycles. The van der Waals surface area contributed by atoms with Crippen molar-refractivity contribution in [1.29, 1.82) is 5.26 Å². The van der Waals surface area contributed by atoms with Crippen molar-refractivity contribution in [3.05, 3.63) is 78.3 Å². The van der Waals surface area contributed by atoms with Crippen molar-refractivity contribution in [3.8, 4) is 28.6 Å². The standard InChI is InChI=1S/C32H33N7O/c1-21-35-32(37-40-21)23-9-11-26(12-10-23)38-16-14-30-28(20-38)36-27-7-2-3-8-29(27)39(30)31-18-25(13-15-34-31)24-6-4-5-22(17-24)19-33/h4-6,9-13,15,17-18,27-30,36H,2-3,7-8,14,16,20H2,1H3/t27-,28-,29-,30?/m1/s1. The van der Waals surface area contributed by atoms with Gasteiger partial charge in [0, 0.05) is 61.6 Å². The molecule has 4 aromatic rings. The first kappa shape index (κ1) is 24.8. The Morgan fingerprint density at radius 1 is 0.925 bits per heavy atom. The third-order valence-corrected chi connectivity index (χ3v) is 8.80. The highest BCUT2D eigenvalue weighted by atomic mass is 16.5. The molecule has 8 nitrogen and oxygen atoms in total. The molecule has 4 heterocycles. The lowest BCUT2D eigenvalue weighted by molar-refractivity contribution is 0.188. The Morgan fingerprint density at radius 2 is 1.75 bits per heavy atom. The van der Waals surface area contributed by atoms with Gasteiger partial charge < -0.3 is 19.6 Å². The van der Waals surface area contributed by atoms with Gasteiger partial charge in [-0.1, -0.05) is 30.1 Å². The number of benzene rings is 2. The van der Waals surface area contributed by atoms with Gasteiger partial charge in [-0.05, 0) is 78.9 Å². The fourth-order valence-electron chi connectivity index (χ4n) is 6.92. The first-order chi connectivity index (χ1) is 19.7. The first-order valence-electron chi connectivity index (χ1n) is 14.3. The van der Waals surface area contributed by atoms with Gasteiger partial charge in [-0.2, -0.15) is 10.2 Å². The summed E-state index contributed by atoms with van der Waals surface area (Å²) in [6.07, 6.45) is 7.92. The van der Waals surface area contributed by atoms with E-state index in [1.807, 2.05) is 31.3 Å². The number of pyridine rings is 1. The summed E-state index contributed by atoms with van der Waals surface area (Å²) in [5.41, 5.74) is 5.04. The van der Waals surface area contributed by atoms with Crippen LogP contribution in [0.4, 0.5) is 11.5 Å². The first-order valence-corrected chi connectivity index (χ1v) is 14.3. The predicted molar refractivity (Wildman–Crippen MR) is 155 cm³/mol. The second-order valence-electron chi connectivity index (χ2n) is 11.2. The summed E-state index contributed by atoms with van der Waals surface area (Å²) in [5.74, 6) is 2.26. The molecule has 8 heteroatoms. The van der Waals surface area contributed by atoms with Crippen LogP contribution in [0.15, 0.2) is 71.4 Å². The summed E-state index contributed by atoms with van der Waals surface area (Å²) in [4.78, 5) is 14.4. The van der Waals surface area contributed by atoms with Gasteiger partial charge in [-0.15, -0.1) is 0 Å². The monoisotopic (exact) mass is 531 g/mol. The SMILES string of the molecule is Cc1nc(-c2ccc(N3CCC4[C@@H](C3)N[C@@H]3CCCC[C@H]3N4c3cc(-c4cccc(C#N)c4)ccn3)cc2)no1. The van der Waals surface area contributed by atoms with E-state index in [9.17, 15) is 5.26 Å². The second-order valence-corrected chi connectivity index (χ2v) is 11.2. The molecular formula is C32H33N7O. The zero-order chi connectivity index (χ0) is 27.1. The summed E-state index contributed by atoms with van der Waals surface area (Å²) in [7, 11) is 0. The lowest BCUT2D eigenvalue weighted by atomic mass is 9.81. The van der Waals surface area contributed by atoms with Crippen molar-refractivity contribution in [2.45, 2.75) is 63.2 Å². The minimum Gasteiger partial charge on any atom is -0.370 e. The minimum atomic E-state index is 0.347. The molecule has 1 N–H and O–H groups in total. The molecule has 40 heavy (non-hydrogen) atoms. The Morgan fingerprint density at radius 3 is 2.58 bits per heavy atom. The van der Waals surface area contributed by atoms with E-state index in [1.165, 1.54) is 31.4 Å². The zero-order valence-electron chi connectivity index (χ0n) is 22.7. The van der Waals surface area contributed by atoms with Crippen LogP contribution in [0, 0.1) is 18.3 Å². The van der Waals surface area contributed by atoms with Crippen LogP contribution in [0.1, 0.15) is 43.6 Å². The Bertz CT molecular complexity index is 1540. The zero-order valence-corrected chi connectivity index (χ0v) is 22.7. The topological polar surface area (TPSA) is 94.1 Å². The highest BCUT2D eigenvalue weighted by molar-refractivity contribution is 5.68. The van der Waals surface area contributed by atoms with Crippen LogP contribution in [-0.2, 0) is 0 Å². The number of nitrogens with one attached hydrogen (secondary N) is 1. The summed E-state index contributed by atoms with van der Waals surface area (Å²) >= 11 is 0. The number of fused-ring (bicyclic) bond motifs is 2. The largest absolute Gasteiger partial charge is 0.370 e. The van der Waals surface area contributed by atoms with Crippen molar-refractivity contribution < 1.29 is 4.52 Å². The molecule has 2 aromatic heterocycles. The molecule has 1 aliphatic carbocycles. The van der Waals surface area contributed by atoms with Gasteiger partial charge in [0.15, 0.2) is 0 Å². The van der Waals surface area contributed by atoms with Crippen LogP contribution < -0.4 is 15.1 Å². The van der Waals surface area contributed by atoms with E-state index in [4.69, 9.17) is 9.51 Å². The molecular weight excluding hydrogens is 498 g/mol. The fraction of sp³-hybridized carbons (Fsp3) is 0.375. The average molecular weight is 532 g/mol. The molecule has 202 valence electrons. The van der Waals surface area contributed by atoms with Gasteiger partial charge >= 0.3 is 0 Å². The predicted octanol–water partition coefficient (Wildman–Crippen LogP) is 5.35. The lowest BCUT2D eigenvalue weighted by Crippen LogP contribution is -2.72. The van der Waals surface area contributed by atoms with E-state index in [0.717, 1.165) is 42.0 Å². The maximum absolute atomic E-state index is 9.41. The highest BCUT2D eigenvalue weighted by Gasteiger charge is 2.46. The number of rotatable bonds is 4. The molecule has 3 fully saturated rings. The van der Waals surface area contributed by atoms with E-state index in [0.29, 0.717) is 41.4 Å². The van der Waals surface area contributed by atoms with Crippen LogP contribution in [0.25, 0.3) is 22.5 Å². The Balaban J connectivity index is 1.16. The summed E-state index contributed by atoms with van der Waals surface area (Å²) in [5, 5.41) is 17.5. The minimum absolute atomic E-state index is 0.347. The lowest BCUT2D eigenvalue weighted by Gasteiger charge is -2.56. The average Bonchev–Trinajstić information content (AvgIpc) is 3.46. The van der Waals surface area contributed by atoms with Crippen molar-refractivity contribution >= 4 is 11.5 Å². The molecule has 0 amide bonds. The number of hydrogen-bond acceptors (Lipinski definition) is 8. The molecule has 4 atom stereocenters. The van der Waals surface area contributed by atoms with Crippen LogP contribution in [0.3, 0.4) is 0 Å². The van der Waals surface area contributed by atoms with Crippen LogP contribution in [-0.4, -0.2) is 52.4 Å². The Kier molecular flexibility index (Phi) is 6.45. The molecule has 2 aliphatic heterocycles. The van der Waals surface area contributed by atoms with E-state index in [-0.39, 0.29) is 0 Å². The normalized spacial score (nSPS) is 24.2. The maximum Gasteiger partial charge on any atom is 0.223 e. The molecule has 0 radical (unpaired) electrons. The van der Waals surface area contributed by atoms with Gasteiger partial charge in [-0.3, -0.25) is 0 Å². The van der Waals surface area contributed by atoms with Gasteiger partial charge in [-0.25, -0.2) is 4.98 Å². The highest BCUT2D eigenvalue weighted by Crippen LogP contribution is 2.38. The third kappa shape index (κ3) is 4.61. The number of anilines is 2. The summed E-state index contributed by atoms with van der Waals surface area (Å²) in [6.45, 7) is 3.75. The van der Waals surface area contributed by atoms with Crippen LogP contribution in [0.5, 0.6) is 0 Å². The van der Waals surface area contributed by atoms with Crippen LogP contribution >= 0.6 is 0 Å². The van der Waals surface area contributed by atoms with E-state index in [2.05, 4.69) is 73.8 Å². The number of piperidine rings is 1. The summed E-state index contributed by atoms with van der Waals surface area (Å²) in [6, 6.07) is 24.6. The van der Waals surface area contributed by atoms with Gasteiger partial charge in [0.1, 0.15) is 5.82 Å². The van der Waals surface area contributed by atoms with E-state index < -0.39 is 0 Å². The smallest absolute Gasteiger partial charge is 0.223 e. The third-order valence-electron chi connectivity index (χ3n) is 8.80. The van der Waals surface area contributed by atoms with Crippen molar-refractivity contribution in [1.82, 2.24) is 20.4 Å². The number of piperazine rings is 1. The molecule has 3 aliphatic rings. The van der Waals surface area contributed by atoms with E-state index >= 15 is 0 Å². The number of aromatic nitrogens is 3. The van der Waals surface area contributed by atoms with Gasteiger partial charge in [0.05, 0.1) is 11.6 Å². The Hall–Kier alpha value is -4.22.